The highest BCUT2D eigenvalue weighted by molar-refractivity contribution is 5.71. The standard InChI is InChI=1S/C16H17N5.C7H7NO2.H2/c17-11-13-1-6-16(19-12-13)21-9-7-20(8-10-21)15-4-2-14(18)3-5-15;1-10-7-3-2-6(5-9)8-4-7;/h1-6,12H,7-10,18H2;2-5H,1H3;1H. The fourth-order valence-electron chi connectivity index (χ4n) is 3.10. The molecule has 0 unspecified atom stereocenters. The van der Waals surface area contributed by atoms with Crippen molar-refractivity contribution in [3.8, 4) is 11.8 Å². The highest BCUT2D eigenvalue weighted by Crippen LogP contribution is 2.20. The first-order valence-electron chi connectivity index (χ1n) is 9.79. The average Bonchev–Trinajstić information content (AvgIpc) is 2.85. The van der Waals surface area contributed by atoms with Gasteiger partial charge in [-0.05, 0) is 48.5 Å². The van der Waals surface area contributed by atoms with Crippen molar-refractivity contribution in [1.82, 2.24) is 9.97 Å². The molecule has 8 nitrogen and oxygen atoms in total. The van der Waals surface area contributed by atoms with E-state index in [0.717, 1.165) is 37.7 Å². The molecule has 0 amide bonds. The van der Waals surface area contributed by atoms with Crippen molar-refractivity contribution in [3.05, 3.63) is 72.2 Å². The van der Waals surface area contributed by atoms with Crippen LogP contribution in [-0.2, 0) is 0 Å². The van der Waals surface area contributed by atoms with Gasteiger partial charge in [-0.3, -0.25) is 4.79 Å². The lowest BCUT2D eigenvalue weighted by molar-refractivity contribution is 0.111. The zero-order chi connectivity index (χ0) is 22.1. The highest BCUT2D eigenvalue weighted by Gasteiger charge is 2.18. The monoisotopic (exact) mass is 418 g/mol. The van der Waals surface area contributed by atoms with Gasteiger partial charge in [0.05, 0.1) is 18.9 Å². The van der Waals surface area contributed by atoms with Gasteiger partial charge in [-0.15, -0.1) is 0 Å². The molecule has 1 saturated heterocycles. The molecule has 2 N–H and O–H groups in total. The van der Waals surface area contributed by atoms with E-state index in [0.29, 0.717) is 23.3 Å². The van der Waals surface area contributed by atoms with Gasteiger partial charge in [0.1, 0.15) is 23.3 Å². The summed E-state index contributed by atoms with van der Waals surface area (Å²) in [5.74, 6) is 1.59. The van der Waals surface area contributed by atoms with Crippen LogP contribution in [0.3, 0.4) is 0 Å². The molecular formula is C23H26N6O2. The lowest BCUT2D eigenvalue weighted by atomic mass is 10.2. The molecule has 1 aliphatic heterocycles. The van der Waals surface area contributed by atoms with Crippen LogP contribution < -0.4 is 20.3 Å². The Balaban J connectivity index is 0.000000280. The fourth-order valence-corrected chi connectivity index (χ4v) is 3.10. The van der Waals surface area contributed by atoms with E-state index >= 15 is 0 Å². The average molecular weight is 419 g/mol. The summed E-state index contributed by atoms with van der Waals surface area (Å²) in [6, 6.07) is 17.1. The maximum Gasteiger partial charge on any atom is 0.168 e. The molecule has 160 valence electrons. The molecule has 8 heteroatoms. The second-order valence-electron chi connectivity index (χ2n) is 6.82. The van der Waals surface area contributed by atoms with Crippen LogP contribution in [0.15, 0.2) is 60.9 Å². The number of benzene rings is 1. The van der Waals surface area contributed by atoms with Gasteiger partial charge in [-0.1, -0.05) is 0 Å². The van der Waals surface area contributed by atoms with Gasteiger partial charge < -0.3 is 20.3 Å². The molecular weight excluding hydrogens is 392 g/mol. The number of pyridine rings is 2. The number of carbonyl (C=O) groups excluding carboxylic acids is 1. The Hall–Kier alpha value is -4.12. The number of nitrogens with zero attached hydrogens (tertiary/aromatic N) is 5. The molecule has 0 aliphatic carbocycles. The summed E-state index contributed by atoms with van der Waals surface area (Å²) >= 11 is 0. The topological polar surface area (TPSA) is 108 Å². The number of ether oxygens (including phenoxy) is 1. The number of hydrogen-bond donors (Lipinski definition) is 1. The highest BCUT2D eigenvalue weighted by atomic mass is 16.5. The van der Waals surface area contributed by atoms with E-state index in [9.17, 15) is 4.79 Å². The Morgan fingerprint density at radius 1 is 1.00 bits per heavy atom. The van der Waals surface area contributed by atoms with E-state index in [-0.39, 0.29) is 1.43 Å². The van der Waals surface area contributed by atoms with Crippen LogP contribution in [0.5, 0.6) is 5.75 Å². The Bertz CT molecular complexity index is 1010. The van der Waals surface area contributed by atoms with Crippen LogP contribution in [0.2, 0.25) is 0 Å². The molecule has 31 heavy (non-hydrogen) atoms. The molecule has 4 rings (SSSR count). The summed E-state index contributed by atoms with van der Waals surface area (Å²) in [6.45, 7) is 3.74. The first-order valence-corrected chi connectivity index (χ1v) is 9.79. The van der Waals surface area contributed by atoms with Crippen LogP contribution in [-0.4, -0.2) is 49.5 Å². The minimum Gasteiger partial charge on any atom is -0.495 e. The van der Waals surface area contributed by atoms with E-state index in [1.54, 1.807) is 25.4 Å². The fraction of sp³-hybridized carbons (Fsp3) is 0.217. The molecule has 0 atom stereocenters. The summed E-state index contributed by atoms with van der Waals surface area (Å²) in [5.41, 5.74) is 8.73. The van der Waals surface area contributed by atoms with E-state index in [1.165, 1.54) is 11.9 Å². The van der Waals surface area contributed by atoms with Crippen molar-refractivity contribution in [2.24, 2.45) is 0 Å². The number of nitriles is 1. The van der Waals surface area contributed by atoms with Crippen molar-refractivity contribution in [1.29, 1.82) is 5.26 Å². The SMILES string of the molecule is COc1ccc(C=O)nc1.N#Cc1ccc(N2CCN(c3ccc(N)cc3)CC2)nc1.[HH]. The zero-order valence-corrected chi connectivity index (χ0v) is 17.3. The lowest BCUT2D eigenvalue weighted by Gasteiger charge is -2.36. The van der Waals surface area contributed by atoms with Gasteiger partial charge in [0, 0.05) is 45.2 Å². The van der Waals surface area contributed by atoms with Gasteiger partial charge >= 0.3 is 0 Å². The van der Waals surface area contributed by atoms with Gasteiger partial charge in [-0.25, -0.2) is 9.97 Å². The first-order chi connectivity index (χ1) is 15.1. The van der Waals surface area contributed by atoms with E-state index in [1.807, 2.05) is 24.3 Å². The summed E-state index contributed by atoms with van der Waals surface area (Å²) in [7, 11) is 1.55. The van der Waals surface area contributed by atoms with Crippen molar-refractivity contribution in [2.75, 3.05) is 48.8 Å². The molecule has 1 aliphatic rings. The molecule has 0 bridgehead atoms. The number of anilines is 3. The Morgan fingerprint density at radius 3 is 2.23 bits per heavy atom. The third-order valence-corrected chi connectivity index (χ3v) is 4.85. The summed E-state index contributed by atoms with van der Waals surface area (Å²) in [5, 5.41) is 8.80. The minimum absolute atomic E-state index is 0. The molecule has 3 aromatic rings. The molecule has 0 spiro atoms. The molecule has 0 radical (unpaired) electrons. The number of piperazine rings is 1. The second-order valence-corrected chi connectivity index (χ2v) is 6.82. The Kier molecular flexibility index (Phi) is 7.38. The number of rotatable bonds is 4. The number of nitrogens with two attached hydrogens (primary N) is 1. The molecule has 0 saturated carbocycles. The Labute approximate surface area is 183 Å². The van der Waals surface area contributed by atoms with Crippen LogP contribution in [0.25, 0.3) is 0 Å². The second kappa shape index (κ2) is 10.6. The van der Waals surface area contributed by atoms with E-state index in [2.05, 4.69) is 38.0 Å². The van der Waals surface area contributed by atoms with Gasteiger partial charge in [0.2, 0.25) is 0 Å². The molecule has 3 heterocycles. The van der Waals surface area contributed by atoms with Crippen LogP contribution in [0.4, 0.5) is 17.2 Å². The van der Waals surface area contributed by atoms with Crippen molar-refractivity contribution >= 4 is 23.5 Å². The summed E-state index contributed by atoms with van der Waals surface area (Å²) in [6.07, 6.45) is 3.82. The maximum absolute atomic E-state index is 10.1. The smallest absolute Gasteiger partial charge is 0.168 e. The predicted molar refractivity (Wildman–Crippen MR) is 123 cm³/mol. The zero-order valence-electron chi connectivity index (χ0n) is 17.3. The van der Waals surface area contributed by atoms with Gasteiger partial charge in [0.25, 0.3) is 0 Å². The third-order valence-electron chi connectivity index (χ3n) is 4.85. The number of nitrogen functional groups attached to an aromatic ring is 1. The summed E-state index contributed by atoms with van der Waals surface area (Å²) < 4.78 is 4.84. The third kappa shape index (κ3) is 5.93. The summed E-state index contributed by atoms with van der Waals surface area (Å²) in [4.78, 5) is 22.8. The van der Waals surface area contributed by atoms with Crippen molar-refractivity contribution in [3.63, 3.8) is 0 Å². The largest absolute Gasteiger partial charge is 0.495 e. The Morgan fingerprint density at radius 2 is 1.71 bits per heavy atom. The van der Waals surface area contributed by atoms with Crippen molar-refractivity contribution in [2.45, 2.75) is 0 Å². The predicted octanol–water partition coefficient (Wildman–Crippen LogP) is 3.01. The molecule has 1 fully saturated rings. The van der Waals surface area contributed by atoms with E-state index in [4.69, 9.17) is 15.7 Å². The van der Waals surface area contributed by atoms with Gasteiger partial charge in [-0.2, -0.15) is 5.26 Å². The normalized spacial score (nSPS) is 12.9. The van der Waals surface area contributed by atoms with Crippen LogP contribution in [0.1, 0.15) is 17.5 Å². The molecule has 1 aromatic carbocycles. The van der Waals surface area contributed by atoms with Crippen molar-refractivity contribution < 1.29 is 11.0 Å². The maximum atomic E-state index is 10.1. The van der Waals surface area contributed by atoms with Crippen LogP contribution in [0, 0.1) is 11.3 Å². The minimum atomic E-state index is 0. The number of hydrogen-bond acceptors (Lipinski definition) is 8. The van der Waals surface area contributed by atoms with E-state index < -0.39 is 0 Å². The number of aromatic nitrogens is 2. The molecule has 2 aromatic heterocycles. The first kappa shape index (κ1) is 21.6. The van der Waals surface area contributed by atoms with Crippen LogP contribution >= 0.6 is 0 Å². The quantitative estimate of drug-likeness (QED) is 0.509. The number of aldehydes is 1. The number of methoxy groups -OCH3 is 1. The number of carbonyl (C=O) groups is 1. The lowest BCUT2D eigenvalue weighted by Crippen LogP contribution is -2.46. The van der Waals surface area contributed by atoms with Gasteiger partial charge in [0.15, 0.2) is 6.29 Å².